The van der Waals surface area contributed by atoms with Crippen molar-refractivity contribution >= 4 is 5.91 Å². The van der Waals surface area contributed by atoms with Crippen LogP contribution >= 0.6 is 0 Å². The topological polar surface area (TPSA) is 58.8 Å². The van der Waals surface area contributed by atoms with E-state index in [0.29, 0.717) is 13.2 Å². The fourth-order valence-corrected chi connectivity index (χ4v) is 2.91. The van der Waals surface area contributed by atoms with Gasteiger partial charge in [-0.3, -0.25) is 4.79 Å². The number of rotatable bonds is 3. The molecule has 2 rings (SSSR count). The number of nitrogens with zero attached hydrogens (tertiary/aromatic N) is 2. The van der Waals surface area contributed by atoms with Crippen molar-refractivity contribution in [3.05, 3.63) is 0 Å². The Balaban J connectivity index is 1.80. The molecule has 2 heterocycles. The quantitative estimate of drug-likeness (QED) is 0.756. The molecule has 0 spiro atoms. The third kappa shape index (κ3) is 3.22. The summed E-state index contributed by atoms with van der Waals surface area (Å²) in [5.74, 6) is 0.802. The van der Waals surface area contributed by atoms with Gasteiger partial charge < -0.3 is 20.3 Å². The maximum absolute atomic E-state index is 12.3. The zero-order valence-corrected chi connectivity index (χ0v) is 11.5. The Hall–Kier alpha value is -0.650. The highest BCUT2D eigenvalue weighted by molar-refractivity contribution is 5.80. The lowest BCUT2D eigenvalue weighted by Crippen LogP contribution is -2.47. The molecule has 5 heteroatoms. The summed E-state index contributed by atoms with van der Waals surface area (Å²) in [7, 11) is 4.21. The third-order valence-corrected chi connectivity index (χ3v) is 3.99. The van der Waals surface area contributed by atoms with Crippen LogP contribution in [0.1, 0.15) is 12.8 Å². The fourth-order valence-electron chi connectivity index (χ4n) is 2.91. The standard InChI is InChI=1S/C13H25N3O2/c1-15(2)7-10-3-5-16(6-4-10)13(17)11-8-18-9-12(11)14/h10-12H,3-9,14H2,1-2H3. The molecular weight excluding hydrogens is 230 g/mol. The SMILES string of the molecule is CN(C)CC1CCN(C(=O)C2COCC2N)CC1. The van der Waals surface area contributed by atoms with Gasteiger partial charge in [-0.1, -0.05) is 0 Å². The summed E-state index contributed by atoms with van der Waals surface area (Å²) in [6.07, 6.45) is 2.21. The van der Waals surface area contributed by atoms with Crippen LogP contribution in [0.3, 0.4) is 0 Å². The second kappa shape index (κ2) is 5.99. The first kappa shape index (κ1) is 13.8. The number of likely N-dealkylation sites (tertiary alicyclic amines) is 1. The summed E-state index contributed by atoms with van der Waals surface area (Å²) in [5, 5.41) is 0. The van der Waals surface area contributed by atoms with E-state index in [4.69, 9.17) is 10.5 Å². The lowest BCUT2D eigenvalue weighted by atomic mass is 9.94. The lowest BCUT2D eigenvalue weighted by molar-refractivity contribution is -0.137. The summed E-state index contributed by atoms with van der Waals surface area (Å²) >= 11 is 0. The summed E-state index contributed by atoms with van der Waals surface area (Å²) in [4.78, 5) is 16.5. The van der Waals surface area contributed by atoms with Crippen LogP contribution in [0.4, 0.5) is 0 Å². The van der Waals surface area contributed by atoms with E-state index in [0.717, 1.165) is 38.4 Å². The molecule has 2 N–H and O–H groups in total. The molecule has 0 aromatic carbocycles. The number of piperidine rings is 1. The van der Waals surface area contributed by atoms with Crippen molar-refractivity contribution in [2.24, 2.45) is 17.6 Å². The van der Waals surface area contributed by atoms with E-state index in [1.165, 1.54) is 0 Å². The van der Waals surface area contributed by atoms with Crippen LogP contribution < -0.4 is 5.73 Å². The molecule has 2 aliphatic heterocycles. The molecule has 0 aromatic rings. The second-order valence-electron chi connectivity index (χ2n) is 5.84. The van der Waals surface area contributed by atoms with Crippen molar-refractivity contribution in [2.75, 3.05) is 46.9 Å². The maximum atomic E-state index is 12.3. The minimum atomic E-state index is -0.115. The zero-order chi connectivity index (χ0) is 13.1. The lowest BCUT2D eigenvalue weighted by Gasteiger charge is -2.34. The van der Waals surface area contributed by atoms with Crippen LogP contribution in [-0.4, -0.2) is 68.7 Å². The van der Waals surface area contributed by atoms with Crippen LogP contribution in [-0.2, 0) is 9.53 Å². The fraction of sp³-hybridized carbons (Fsp3) is 0.923. The molecule has 2 saturated heterocycles. The number of hydrogen-bond donors (Lipinski definition) is 1. The average molecular weight is 255 g/mol. The molecule has 0 aliphatic carbocycles. The molecule has 0 radical (unpaired) electrons. The summed E-state index contributed by atoms with van der Waals surface area (Å²) in [5.41, 5.74) is 5.90. The Kier molecular flexibility index (Phi) is 4.59. The van der Waals surface area contributed by atoms with Gasteiger partial charge in [-0.15, -0.1) is 0 Å². The monoisotopic (exact) mass is 255 g/mol. The van der Waals surface area contributed by atoms with Gasteiger partial charge in [0.25, 0.3) is 0 Å². The Morgan fingerprint density at radius 1 is 1.33 bits per heavy atom. The summed E-state index contributed by atoms with van der Waals surface area (Å²) in [6.45, 7) is 3.89. The number of ether oxygens (including phenoxy) is 1. The smallest absolute Gasteiger partial charge is 0.229 e. The highest BCUT2D eigenvalue weighted by Gasteiger charge is 2.35. The van der Waals surface area contributed by atoms with Crippen molar-refractivity contribution in [1.29, 1.82) is 0 Å². The molecule has 104 valence electrons. The molecule has 0 saturated carbocycles. The van der Waals surface area contributed by atoms with Crippen molar-refractivity contribution in [1.82, 2.24) is 9.80 Å². The normalized spacial score (nSPS) is 30.1. The van der Waals surface area contributed by atoms with Crippen LogP contribution in [0.25, 0.3) is 0 Å². The molecule has 0 aromatic heterocycles. The number of nitrogens with two attached hydrogens (primary N) is 1. The van der Waals surface area contributed by atoms with E-state index in [1.54, 1.807) is 0 Å². The van der Waals surface area contributed by atoms with Gasteiger partial charge in [-0.05, 0) is 32.9 Å². The first-order valence-corrected chi connectivity index (χ1v) is 6.84. The predicted octanol–water partition coefficient (Wildman–Crippen LogP) is -0.240. The van der Waals surface area contributed by atoms with Crippen LogP contribution in [0.5, 0.6) is 0 Å². The number of amides is 1. The van der Waals surface area contributed by atoms with E-state index in [2.05, 4.69) is 19.0 Å². The van der Waals surface area contributed by atoms with E-state index >= 15 is 0 Å². The van der Waals surface area contributed by atoms with Crippen LogP contribution in [0.15, 0.2) is 0 Å². The van der Waals surface area contributed by atoms with Gasteiger partial charge in [0.05, 0.1) is 19.1 Å². The van der Waals surface area contributed by atoms with Crippen LogP contribution in [0.2, 0.25) is 0 Å². The number of carbonyl (C=O) groups excluding carboxylic acids is 1. The van der Waals surface area contributed by atoms with Gasteiger partial charge in [-0.2, -0.15) is 0 Å². The number of carbonyl (C=O) groups is 1. The van der Waals surface area contributed by atoms with E-state index in [9.17, 15) is 4.79 Å². The van der Waals surface area contributed by atoms with Crippen LogP contribution in [0, 0.1) is 11.8 Å². The van der Waals surface area contributed by atoms with Crippen molar-refractivity contribution in [3.63, 3.8) is 0 Å². The Bertz CT molecular complexity index is 288. The molecule has 18 heavy (non-hydrogen) atoms. The molecule has 2 aliphatic rings. The van der Waals surface area contributed by atoms with E-state index < -0.39 is 0 Å². The molecule has 2 fully saturated rings. The van der Waals surface area contributed by atoms with Gasteiger partial charge in [0, 0.05) is 25.7 Å². The van der Waals surface area contributed by atoms with Gasteiger partial charge in [0.2, 0.25) is 5.91 Å². The van der Waals surface area contributed by atoms with Gasteiger partial charge in [0.1, 0.15) is 0 Å². The second-order valence-corrected chi connectivity index (χ2v) is 5.84. The molecular formula is C13H25N3O2. The Morgan fingerprint density at radius 2 is 2.00 bits per heavy atom. The van der Waals surface area contributed by atoms with E-state index in [-0.39, 0.29) is 17.9 Å². The molecule has 5 nitrogen and oxygen atoms in total. The van der Waals surface area contributed by atoms with Gasteiger partial charge in [0.15, 0.2) is 0 Å². The molecule has 2 unspecified atom stereocenters. The molecule has 1 amide bonds. The minimum absolute atomic E-state index is 0.114. The highest BCUT2D eigenvalue weighted by atomic mass is 16.5. The summed E-state index contributed by atoms with van der Waals surface area (Å²) < 4.78 is 5.28. The zero-order valence-electron chi connectivity index (χ0n) is 11.5. The molecule has 2 atom stereocenters. The summed E-state index contributed by atoms with van der Waals surface area (Å²) in [6, 6.07) is -0.114. The number of hydrogen-bond acceptors (Lipinski definition) is 4. The highest BCUT2D eigenvalue weighted by Crippen LogP contribution is 2.22. The third-order valence-electron chi connectivity index (χ3n) is 3.99. The largest absolute Gasteiger partial charge is 0.379 e. The Morgan fingerprint density at radius 3 is 2.50 bits per heavy atom. The predicted molar refractivity (Wildman–Crippen MR) is 70.1 cm³/mol. The van der Waals surface area contributed by atoms with Gasteiger partial charge in [-0.25, -0.2) is 0 Å². The molecule has 0 bridgehead atoms. The van der Waals surface area contributed by atoms with E-state index in [1.807, 2.05) is 4.90 Å². The van der Waals surface area contributed by atoms with Gasteiger partial charge >= 0.3 is 0 Å². The maximum Gasteiger partial charge on any atom is 0.229 e. The Labute approximate surface area is 109 Å². The average Bonchev–Trinajstić information content (AvgIpc) is 2.75. The van der Waals surface area contributed by atoms with Crippen molar-refractivity contribution < 1.29 is 9.53 Å². The first-order valence-electron chi connectivity index (χ1n) is 6.84. The van der Waals surface area contributed by atoms with Crippen molar-refractivity contribution in [3.8, 4) is 0 Å². The first-order chi connectivity index (χ1) is 8.58. The van der Waals surface area contributed by atoms with Crippen molar-refractivity contribution in [2.45, 2.75) is 18.9 Å². The minimum Gasteiger partial charge on any atom is -0.379 e.